The van der Waals surface area contributed by atoms with Gasteiger partial charge >= 0.3 is 0 Å². The Bertz CT molecular complexity index is 352. The maximum absolute atomic E-state index is 11.6. The lowest BCUT2D eigenvalue weighted by molar-refractivity contribution is -0.117. The van der Waals surface area contributed by atoms with E-state index < -0.39 is 0 Å². The summed E-state index contributed by atoms with van der Waals surface area (Å²) in [5, 5.41) is 3.17. The molecule has 0 aliphatic carbocycles. The summed E-state index contributed by atoms with van der Waals surface area (Å²) in [4.78, 5) is 15.5. The molecule has 0 bridgehead atoms. The van der Waals surface area contributed by atoms with Crippen molar-refractivity contribution in [3.63, 3.8) is 0 Å². The molecule has 0 aromatic carbocycles. The number of ketones is 1. The number of nitrogens with two attached hydrogens (primary N) is 1. The van der Waals surface area contributed by atoms with Gasteiger partial charge < -0.3 is 11.1 Å². The second-order valence-electron chi connectivity index (χ2n) is 3.99. The molecule has 1 atom stereocenters. The predicted molar refractivity (Wildman–Crippen MR) is 65.1 cm³/mol. The van der Waals surface area contributed by atoms with Gasteiger partial charge in [0.15, 0.2) is 5.78 Å². The highest BCUT2D eigenvalue weighted by Crippen LogP contribution is 2.04. The molecule has 0 saturated heterocycles. The molecule has 1 aromatic heterocycles. The lowest BCUT2D eigenvalue weighted by Gasteiger charge is -2.10. The minimum Gasteiger partial charge on any atom is -0.384 e. The first-order valence-corrected chi connectivity index (χ1v) is 5.57. The molecule has 1 unspecified atom stereocenters. The monoisotopic (exact) mass is 221 g/mol. The third-order valence-electron chi connectivity index (χ3n) is 2.51. The van der Waals surface area contributed by atoms with Crippen LogP contribution in [0.5, 0.6) is 0 Å². The first-order chi connectivity index (χ1) is 7.61. The molecule has 3 N–H and O–H groups in total. The number of aromatic nitrogens is 1. The van der Waals surface area contributed by atoms with Crippen molar-refractivity contribution in [2.45, 2.75) is 32.7 Å². The van der Waals surface area contributed by atoms with Crippen molar-refractivity contribution in [3.8, 4) is 0 Å². The number of carbonyl (C=O) groups excluding carboxylic acids is 1. The van der Waals surface area contributed by atoms with Crippen molar-refractivity contribution in [1.82, 2.24) is 10.3 Å². The van der Waals surface area contributed by atoms with Crippen LogP contribution in [-0.2, 0) is 11.2 Å². The molecule has 88 valence electrons. The lowest BCUT2D eigenvalue weighted by Crippen LogP contribution is -2.31. The third kappa shape index (κ3) is 4.40. The van der Waals surface area contributed by atoms with Crippen LogP contribution in [0.25, 0.3) is 0 Å². The van der Waals surface area contributed by atoms with Crippen LogP contribution in [0.4, 0.5) is 5.82 Å². The summed E-state index contributed by atoms with van der Waals surface area (Å²) in [6, 6.07) is 3.94. The molecule has 0 aliphatic rings. The van der Waals surface area contributed by atoms with Gasteiger partial charge in [0.25, 0.3) is 0 Å². The quantitative estimate of drug-likeness (QED) is 0.756. The van der Waals surface area contributed by atoms with Crippen LogP contribution in [0, 0.1) is 0 Å². The van der Waals surface area contributed by atoms with Crippen LogP contribution in [0.1, 0.15) is 25.8 Å². The average Bonchev–Trinajstić information content (AvgIpc) is 2.26. The summed E-state index contributed by atoms with van der Waals surface area (Å²) in [6.07, 6.45) is 3.06. The van der Waals surface area contributed by atoms with E-state index in [0.717, 1.165) is 12.0 Å². The first-order valence-electron chi connectivity index (χ1n) is 5.57. The molecule has 4 heteroatoms. The number of nitrogens with zero attached hydrogens (tertiary/aromatic N) is 1. The maximum Gasteiger partial charge on any atom is 0.150 e. The number of hydrogen-bond acceptors (Lipinski definition) is 4. The summed E-state index contributed by atoms with van der Waals surface area (Å²) in [7, 11) is 0. The topological polar surface area (TPSA) is 68.0 Å². The molecular formula is C12H19N3O. The van der Waals surface area contributed by atoms with Crippen molar-refractivity contribution in [2.75, 3.05) is 12.3 Å². The maximum atomic E-state index is 11.6. The van der Waals surface area contributed by atoms with E-state index in [1.54, 1.807) is 12.3 Å². The van der Waals surface area contributed by atoms with Gasteiger partial charge in [-0.25, -0.2) is 4.98 Å². The van der Waals surface area contributed by atoms with Gasteiger partial charge in [-0.3, -0.25) is 4.79 Å². The first kappa shape index (κ1) is 12.6. The normalized spacial score (nSPS) is 12.4. The molecule has 16 heavy (non-hydrogen) atoms. The molecule has 4 nitrogen and oxygen atoms in total. The number of carbonyl (C=O) groups is 1. The summed E-state index contributed by atoms with van der Waals surface area (Å²) in [5.74, 6) is 0.631. The second-order valence-corrected chi connectivity index (χ2v) is 3.99. The zero-order valence-electron chi connectivity index (χ0n) is 9.86. The summed E-state index contributed by atoms with van der Waals surface area (Å²) < 4.78 is 0. The van der Waals surface area contributed by atoms with Crippen molar-refractivity contribution in [3.05, 3.63) is 23.9 Å². The van der Waals surface area contributed by atoms with Gasteiger partial charge in [0, 0.05) is 18.7 Å². The van der Waals surface area contributed by atoms with Gasteiger partial charge in [-0.15, -0.1) is 0 Å². The van der Waals surface area contributed by atoms with Crippen molar-refractivity contribution in [2.24, 2.45) is 0 Å². The Morgan fingerprint density at radius 1 is 1.62 bits per heavy atom. The van der Waals surface area contributed by atoms with E-state index in [0.29, 0.717) is 24.8 Å². The fourth-order valence-corrected chi connectivity index (χ4v) is 1.33. The molecule has 0 amide bonds. The highest BCUT2D eigenvalue weighted by Gasteiger charge is 2.05. The Balaban J connectivity index is 2.40. The number of nitrogen functional groups attached to an aromatic ring is 1. The van der Waals surface area contributed by atoms with Crippen LogP contribution in [-0.4, -0.2) is 23.4 Å². The van der Waals surface area contributed by atoms with Crippen LogP contribution >= 0.6 is 0 Å². The van der Waals surface area contributed by atoms with Crippen LogP contribution in [0.3, 0.4) is 0 Å². The Morgan fingerprint density at radius 3 is 3.00 bits per heavy atom. The number of hydrogen-bond donors (Lipinski definition) is 2. The third-order valence-corrected chi connectivity index (χ3v) is 2.51. The highest BCUT2D eigenvalue weighted by atomic mass is 16.1. The number of rotatable bonds is 6. The molecule has 1 rings (SSSR count). The van der Waals surface area contributed by atoms with Gasteiger partial charge in [-0.05, 0) is 31.0 Å². The molecule has 0 radical (unpaired) electrons. The fourth-order valence-electron chi connectivity index (χ4n) is 1.33. The van der Waals surface area contributed by atoms with Gasteiger partial charge in [-0.1, -0.05) is 6.92 Å². The second kappa shape index (κ2) is 6.23. The van der Waals surface area contributed by atoms with Crippen LogP contribution < -0.4 is 11.1 Å². The largest absolute Gasteiger partial charge is 0.384 e. The molecule has 1 heterocycles. The fraction of sp³-hybridized carbons (Fsp3) is 0.500. The molecule has 0 aliphatic heterocycles. The zero-order valence-corrected chi connectivity index (χ0v) is 9.86. The lowest BCUT2D eigenvalue weighted by atomic mass is 10.1. The standard InChI is InChI=1S/C12H19N3O/c1-3-9(2)15-8-11(16)6-10-4-5-14-12(13)7-10/h4-5,7,9,15H,3,6,8H2,1-2H3,(H2,13,14). The van der Waals surface area contributed by atoms with Gasteiger partial charge in [0.1, 0.15) is 5.82 Å². The highest BCUT2D eigenvalue weighted by molar-refractivity contribution is 5.82. The summed E-state index contributed by atoms with van der Waals surface area (Å²) >= 11 is 0. The Hall–Kier alpha value is -1.42. The van der Waals surface area contributed by atoms with Crippen LogP contribution in [0.2, 0.25) is 0 Å². The Kier molecular flexibility index (Phi) is 4.92. The molecular weight excluding hydrogens is 202 g/mol. The van der Waals surface area contributed by atoms with Crippen LogP contribution in [0.15, 0.2) is 18.3 Å². The van der Waals surface area contributed by atoms with E-state index >= 15 is 0 Å². The molecule has 0 fully saturated rings. The van der Waals surface area contributed by atoms with E-state index in [4.69, 9.17) is 5.73 Å². The minimum atomic E-state index is 0.172. The number of Topliss-reactive ketones (excluding diaryl/α,β-unsaturated/α-hetero) is 1. The minimum absolute atomic E-state index is 0.172. The molecule has 1 aromatic rings. The van der Waals surface area contributed by atoms with Crippen molar-refractivity contribution in [1.29, 1.82) is 0 Å². The summed E-state index contributed by atoms with van der Waals surface area (Å²) in [5.41, 5.74) is 6.46. The number of pyridine rings is 1. The number of anilines is 1. The Labute approximate surface area is 96.3 Å². The molecule has 0 saturated carbocycles. The van der Waals surface area contributed by atoms with E-state index in [2.05, 4.69) is 24.1 Å². The zero-order chi connectivity index (χ0) is 12.0. The smallest absolute Gasteiger partial charge is 0.150 e. The predicted octanol–water partition coefficient (Wildman–Crippen LogP) is 1.16. The number of nitrogens with one attached hydrogen (secondary N) is 1. The van der Waals surface area contributed by atoms with Gasteiger partial charge in [0.05, 0.1) is 6.54 Å². The molecule has 0 spiro atoms. The van der Waals surface area contributed by atoms with E-state index in [-0.39, 0.29) is 5.78 Å². The average molecular weight is 221 g/mol. The van der Waals surface area contributed by atoms with Crippen molar-refractivity contribution >= 4 is 11.6 Å². The SMILES string of the molecule is CCC(C)NCC(=O)Cc1ccnc(N)c1. The van der Waals surface area contributed by atoms with Gasteiger partial charge in [-0.2, -0.15) is 0 Å². The summed E-state index contributed by atoms with van der Waals surface area (Å²) in [6.45, 7) is 4.57. The Morgan fingerprint density at radius 2 is 2.38 bits per heavy atom. The van der Waals surface area contributed by atoms with Gasteiger partial charge in [0.2, 0.25) is 0 Å². The van der Waals surface area contributed by atoms with Crippen molar-refractivity contribution < 1.29 is 4.79 Å². The van der Waals surface area contributed by atoms with E-state index in [9.17, 15) is 4.79 Å². The van der Waals surface area contributed by atoms with E-state index in [1.165, 1.54) is 0 Å². The van der Waals surface area contributed by atoms with E-state index in [1.807, 2.05) is 6.07 Å².